The second-order valence-corrected chi connectivity index (χ2v) is 5.27. The SMILES string of the molecule is O=C(NCCNC(=O)c1cccc2ccccc12)c1ccncc1. The zero-order chi connectivity index (χ0) is 16.8. The molecule has 0 bridgehead atoms. The Morgan fingerprint density at radius 3 is 2.25 bits per heavy atom. The van der Waals surface area contributed by atoms with Crippen LogP contribution in [0.5, 0.6) is 0 Å². The summed E-state index contributed by atoms with van der Waals surface area (Å²) < 4.78 is 0. The molecule has 0 saturated carbocycles. The Kier molecular flexibility index (Phi) is 4.81. The Morgan fingerprint density at radius 2 is 1.46 bits per heavy atom. The van der Waals surface area contributed by atoms with Crippen molar-refractivity contribution < 1.29 is 9.59 Å². The Balaban J connectivity index is 1.55. The maximum absolute atomic E-state index is 12.3. The average molecular weight is 319 g/mol. The molecule has 0 fully saturated rings. The van der Waals surface area contributed by atoms with Crippen LogP contribution in [-0.4, -0.2) is 29.9 Å². The lowest BCUT2D eigenvalue weighted by molar-refractivity contribution is 0.0928. The van der Waals surface area contributed by atoms with E-state index >= 15 is 0 Å². The summed E-state index contributed by atoms with van der Waals surface area (Å²) in [6, 6.07) is 16.7. The zero-order valence-electron chi connectivity index (χ0n) is 13.0. The van der Waals surface area contributed by atoms with Gasteiger partial charge in [-0.25, -0.2) is 0 Å². The number of hydrogen-bond acceptors (Lipinski definition) is 3. The minimum atomic E-state index is -0.184. The molecule has 1 heterocycles. The fourth-order valence-electron chi connectivity index (χ4n) is 2.48. The molecule has 24 heavy (non-hydrogen) atoms. The van der Waals surface area contributed by atoms with Gasteiger partial charge in [0.15, 0.2) is 0 Å². The van der Waals surface area contributed by atoms with Gasteiger partial charge in [0.1, 0.15) is 0 Å². The molecule has 2 amide bonds. The highest BCUT2D eigenvalue weighted by Crippen LogP contribution is 2.18. The summed E-state index contributed by atoms with van der Waals surface area (Å²) in [5, 5.41) is 7.53. The van der Waals surface area contributed by atoms with Crippen molar-refractivity contribution in [1.82, 2.24) is 15.6 Å². The van der Waals surface area contributed by atoms with E-state index in [0.29, 0.717) is 24.2 Å². The van der Waals surface area contributed by atoms with E-state index in [1.54, 1.807) is 30.6 Å². The van der Waals surface area contributed by atoms with Crippen molar-refractivity contribution in [3.05, 3.63) is 78.1 Å². The van der Waals surface area contributed by atoms with E-state index in [1.807, 2.05) is 36.4 Å². The first-order valence-corrected chi connectivity index (χ1v) is 7.70. The topological polar surface area (TPSA) is 71.1 Å². The van der Waals surface area contributed by atoms with Gasteiger partial charge < -0.3 is 10.6 Å². The summed E-state index contributed by atoms with van der Waals surface area (Å²) in [4.78, 5) is 28.1. The summed E-state index contributed by atoms with van der Waals surface area (Å²) in [6.07, 6.45) is 3.13. The first kappa shape index (κ1) is 15.7. The van der Waals surface area contributed by atoms with Crippen molar-refractivity contribution in [2.24, 2.45) is 0 Å². The lowest BCUT2D eigenvalue weighted by Gasteiger charge is -2.09. The predicted octanol–water partition coefficient (Wildman–Crippen LogP) is 2.39. The van der Waals surface area contributed by atoms with Gasteiger partial charge in [-0.1, -0.05) is 36.4 Å². The van der Waals surface area contributed by atoms with E-state index < -0.39 is 0 Å². The van der Waals surface area contributed by atoms with Crippen molar-refractivity contribution >= 4 is 22.6 Å². The third kappa shape index (κ3) is 3.57. The Hall–Kier alpha value is -3.21. The molecule has 3 aromatic rings. The molecule has 0 radical (unpaired) electrons. The Bertz CT molecular complexity index is 857. The minimum Gasteiger partial charge on any atom is -0.350 e. The molecule has 2 aromatic carbocycles. The molecule has 120 valence electrons. The Morgan fingerprint density at radius 1 is 0.792 bits per heavy atom. The van der Waals surface area contributed by atoms with Gasteiger partial charge in [-0.15, -0.1) is 0 Å². The molecule has 0 saturated heterocycles. The summed E-state index contributed by atoms with van der Waals surface area (Å²) >= 11 is 0. The van der Waals surface area contributed by atoms with Gasteiger partial charge in [-0.3, -0.25) is 14.6 Å². The van der Waals surface area contributed by atoms with Crippen LogP contribution in [-0.2, 0) is 0 Å². The van der Waals surface area contributed by atoms with Gasteiger partial charge in [0.05, 0.1) is 0 Å². The number of rotatable bonds is 5. The Labute approximate surface area is 139 Å². The van der Waals surface area contributed by atoms with Crippen molar-refractivity contribution in [3.63, 3.8) is 0 Å². The zero-order valence-corrected chi connectivity index (χ0v) is 13.0. The molecule has 5 heteroatoms. The molecule has 2 N–H and O–H groups in total. The molecule has 0 aliphatic heterocycles. The third-order valence-electron chi connectivity index (χ3n) is 3.67. The maximum atomic E-state index is 12.3. The van der Waals surface area contributed by atoms with Crippen LogP contribution in [0, 0.1) is 0 Å². The highest BCUT2D eigenvalue weighted by Gasteiger charge is 2.09. The van der Waals surface area contributed by atoms with Crippen molar-refractivity contribution in [1.29, 1.82) is 0 Å². The monoisotopic (exact) mass is 319 g/mol. The number of benzene rings is 2. The number of carbonyl (C=O) groups excluding carboxylic acids is 2. The summed E-state index contributed by atoms with van der Waals surface area (Å²) in [7, 11) is 0. The first-order chi connectivity index (χ1) is 11.8. The molecule has 0 unspecified atom stereocenters. The third-order valence-corrected chi connectivity index (χ3v) is 3.67. The van der Waals surface area contributed by atoms with Gasteiger partial charge in [0.25, 0.3) is 11.8 Å². The predicted molar refractivity (Wildman–Crippen MR) is 92.9 cm³/mol. The van der Waals surface area contributed by atoms with Gasteiger partial charge >= 0.3 is 0 Å². The van der Waals surface area contributed by atoms with Crippen molar-refractivity contribution in [2.75, 3.05) is 13.1 Å². The smallest absolute Gasteiger partial charge is 0.251 e. The number of amides is 2. The van der Waals surface area contributed by atoms with Gasteiger partial charge in [-0.05, 0) is 29.0 Å². The molecule has 0 spiro atoms. The van der Waals surface area contributed by atoms with Gasteiger partial charge in [-0.2, -0.15) is 0 Å². The molecule has 0 aliphatic rings. The number of fused-ring (bicyclic) bond motifs is 1. The summed E-state index contributed by atoms with van der Waals surface area (Å²) in [5.41, 5.74) is 1.18. The van der Waals surface area contributed by atoms with Gasteiger partial charge in [0, 0.05) is 36.6 Å². The number of nitrogens with one attached hydrogen (secondary N) is 2. The highest BCUT2D eigenvalue weighted by atomic mass is 16.2. The van der Waals surface area contributed by atoms with E-state index in [9.17, 15) is 9.59 Å². The molecule has 0 atom stereocenters. The summed E-state index contributed by atoms with van der Waals surface area (Å²) in [5.74, 6) is -0.332. The van der Waals surface area contributed by atoms with Crippen LogP contribution in [0.15, 0.2) is 67.0 Å². The summed E-state index contributed by atoms with van der Waals surface area (Å²) in [6.45, 7) is 0.719. The van der Waals surface area contributed by atoms with Crippen molar-refractivity contribution in [3.8, 4) is 0 Å². The van der Waals surface area contributed by atoms with E-state index in [2.05, 4.69) is 15.6 Å². The van der Waals surface area contributed by atoms with E-state index in [-0.39, 0.29) is 11.8 Å². The van der Waals surface area contributed by atoms with E-state index in [4.69, 9.17) is 0 Å². The standard InChI is InChI=1S/C19H17N3O2/c23-18(15-8-10-20-11-9-15)21-12-13-22-19(24)17-7-3-5-14-4-1-2-6-16(14)17/h1-11H,12-13H2,(H,21,23)(H,22,24). The van der Waals surface area contributed by atoms with Crippen LogP contribution in [0.1, 0.15) is 20.7 Å². The van der Waals surface area contributed by atoms with E-state index in [1.165, 1.54) is 0 Å². The molecule has 3 rings (SSSR count). The van der Waals surface area contributed by atoms with Crippen LogP contribution in [0.3, 0.4) is 0 Å². The fourth-order valence-corrected chi connectivity index (χ4v) is 2.48. The molecular weight excluding hydrogens is 302 g/mol. The maximum Gasteiger partial charge on any atom is 0.251 e. The number of aromatic nitrogens is 1. The van der Waals surface area contributed by atoms with Crippen molar-refractivity contribution in [2.45, 2.75) is 0 Å². The average Bonchev–Trinajstić information content (AvgIpc) is 2.65. The molecule has 1 aromatic heterocycles. The van der Waals surface area contributed by atoms with E-state index in [0.717, 1.165) is 10.8 Å². The van der Waals surface area contributed by atoms with Gasteiger partial charge in [0.2, 0.25) is 0 Å². The number of nitrogens with zero attached hydrogens (tertiary/aromatic N) is 1. The number of pyridine rings is 1. The quantitative estimate of drug-likeness (QED) is 0.709. The normalized spacial score (nSPS) is 10.3. The highest BCUT2D eigenvalue weighted by molar-refractivity contribution is 6.07. The fraction of sp³-hybridized carbons (Fsp3) is 0.105. The molecule has 5 nitrogen and oxygen atoms in total. The van der Waals surface area contributed by atoms with Crippen LogP contribution < -0.4 is 10.6 Å². The lowest BCUT2D eigenvalue weighted by Crippen LogP contribution is -2.34. The second-order valence-electron chi connectivity index (χ2n) is 5.27. The largest absolute Gasteiger partial charge is 0.350 e. The van der Waals surface area contributed by atoms with Crippen LogP contribution in [0.25, 0.3) is 10.8 Å². The van der Waals surface area contributed by atoms with Crippen LogP contribution in [0.2, 0.25) is 0 Å². The van der Waals surface area contributed by atoms with Crippen LogP contribution >= 0.6 is 0 Å². The van der Waals surface area contributed by atoms with Crippen LogP contribution in [0.4, 0.5) is 0 Å². The number of carbonyl (C=O) groups is 2. The minimum absolute atomic E-state index is 0.148. The second kappa shape index (κ2) is 7.37. The first-order valence-electron chi connectivity index (χ1n) is 7.70. The molecular formula is C19H17N3O2. The number of hydrogen-bond donors (Lipinski definition) is 2. The lowest BCUT2D eigenvalue weighted by atomic mass is 10.0. The molecule has 0 aliphatic carbocycles.